The van der Waals surface area contributed by atoms with Crippen molar-refractivity contribution >= 4 is 5.91 Å². The number of carbonyl (C=O) groups excluding carboxylic acids is 1. The number of hydrogen-bond donors (Lipinski definition) is 3. The lowest BCUT2D eigenvalue weighted by molar-refractivity contribution is 0.0587. The minimum Gasteiger partial charge on any atom is -0.501 e. The molecule has 2 aromatic rings. The molecule has 1 saturated heterocycles. The molecule has 1 aromatic carbocycles. The molecule has 1 aliphatic rings. The summed E-state index contributed by atoms with van der Waals surface area (Å²) < 4.78 is 13.0. The Bertz CT molecular complexity index is 929. The van der Waals surface area contributed by atoms with Gasteiger partial charge < -0.3 is 20.3 Å². The Labute approximate surface area is 168 Å². The van der Waals surface area contributed by atoms with E-state index < -0.39 is 17.2 Å². The zero-order valence-corrected chi connectivity index (χ0v) is 16.8. The molecule has 0 aliphatic carbocycles. The third-order valence-corrected chi connectivity index (χ3v) is 5.10. The fourth-order valence-corrected chi connectivity index (χ4v) is 3.46. The second-order valence-corrected chi connectivity index (χ2v) is 7.57. The van der Waals surface area contributed by atoms with E-state index in [4.69, 9.17) is 0 Å². The van der Waals surface area contributed by atoms with Crippen LogP contribution in [-0.2, 0) is 6.54 Å². The van der Waals surface area contributed by atoms with Crippen molar-refractivity contribution < 1.29 is 14.3 Å². The lowest BCUT2D eigenvalue weighted by Gasteiger charge is -2.41. The van der Waals surface area contributed by atoms with Gasteiger partial charge >= 0.3 is 0 Å². The number of nitrogens with one attached hydrogen (secondary N) is 2. The highest BCUT2D eigenvalue weighted by Crippen LogP contribution is 2.25. The molecule has 1 atom stereocenters. The highest BCUT2D eigenvalue weighted by Gasteiger charge is 2.31. The van der Waals surface area contributed by atoms with Crippen LogP contribution >= 0.6 is 0 Å². The van der Waals surface area contributed by atoms with Gasteiger partial charge in [0.25, 0.3) is 11.5 Å². The molecule has 1 amide bonds. The second-order valence-electron chi connectivity index (χ2n) is 7.57. The molecule has 1 unspecified atom stereocenters. The Morgan fingerprint density at radius 3 is 2.69 bits per heavy atom. The molecule has 2 heterocycles. The van der Waals surface area contributed by atoms with Crippen molar-refractivity contribution in [2.45, 2.75) is 32.5 Å². The second kappa shape index (κ2) is 8.71. The zero-order valence-electron chi connectivity index (χ0n) is 16.8. The lowest BCUT2D eigenvalue weighted by Crippen LogP contribution is -2.50. The van der Waals surface area contributed by atoms with Gasteiger partial charge in [0.1, 0.15) is 11.6 Å². The summed E-state index contributed by atoms with van der Waals surface area (Å²) in [6, 6.07) is 5.70. The summed E-state index contributed by atoms with van der Waals surface area (Å²) in [7, 11) is 1.99. The molecule has 0 bridgehead atoms. The Kier molecular flexibility index (Phi) is 6.29. The van der Waals surface area contributed by atoms with E-state index in [0.717, 1.165) is 13.1 Å². The van der Waals surface area contributed by atoms with E-state index in [1.165, 1.54) is 12.1 Å². The van der Waals surface area contributed by atoms with E-state index in [-0.39, 0.29) is 30.1 Å². The van der Waals surface area contributed by atoms with Gasteiger partial charge in [-0.15, -0.1) is 0 Å². The Morgan fingerprint density at radius 2 is 2.03 bits per heavy atom. The summed E-state index contributed by atoms with van der Waals surface area (Å²) in [4.78, 5) is 36.1. The smallest absolute Gasteiger partial charge is 0.293 e. The van der Waals surface area contributed by atoms with Crippen LogP contribution in [0.3, 0.4) is 0 Å². The summed E-state index contributed by atoms with van der Waals surface area (Å²) in [6.45, 7) is 6.58. The molecule has 0 spiro atoms. The predicted octanol–water partition coefficient (Wildman–Crippen LogP) is 1.24. The largest absolute Gasteiger partial charge is 0.501 e. The summed E-state index contributed by atoms with van der Waals surface area (Å²) in [5.74, 6) is -1.41. The number of rotatable bonds is 5. The number of aromatic hydroxyl groups is 1. The van der Waals surface area contributed by atoms with Gasteiger partial charge in [0, 0.05) is 32.2 Å². The number of likely N-dealkylation sites (N-methyl/N-ethyl adjacent to an activating group) is 1. The minimum atomic E-state index is -0.751. The van der Waals surface area contributed by atoms with Gasteiger partial charge in [0.15, 0.2) is 5.69 Å². The number of benzene rings is 1. The van der Waals surface area contributed by atoms with Gasteiger partial charge in [-0.1, -0.05) is 12.1 Å². The van der Waals surface area contributed by atoms with E-state index in [9.17, 15) is 19.1 Å². The summed E-state index contributed by atoms with van der Waals surface area (Å²) in [5.41, 5.74) is -0.383. The topological polar surface area (TPSA) is 102 Å². The number of nitrogens with zero attached hydrogens (tertiary/aromatic N) is 3. The van der Waals surface area contributed by atoms with Crippen LogP contribution in [0.1, 0.15) is 41.8 Å². The van der Waals surface area contributed by atoms with E-state index in [1.807, 2.05) is 7.05 Å². The summed E-state index contributed by atoms with van der Waals surface area (Å²) >= 11 is 0. The molecule has 156 valence electrons. The Morgan fingerprint density at radius 1 is 1.34 bits per heavy atom. The standard InChI is InChI=1S/C20H26FN5O3/c1-12(2)26-9-8-25(3)11-15(26)18-23-16(17(27)20(29)24-18)19(28)22-10-13-4-6-14(21)7-5-13/h4-7,12,15,27H,8-11H2,1-3H3,(H,22,28)(H,23,24,29). The zero-order chi connectivity index (χ0) is 21.1. The van der Waals surface area contributed by atoms with Gasteiger partial charge in [-0.25, -0.2) is 9.37 Å². The molecule has 1 aliphatic heterocycles. The Balaban J connectivity index is 1.85. The lowest BCUT2D eigenvalue weighted by atomic mass is 10.1. The number of aromatic nitrogens is 2. The molecule has 9 heteroatoms. The Hall–Kier alpha value is -2.78. The van der Waals surface area contributed by atoms with Crippen molar-refractivity contribution in [3.63, 3.8) is 0 Å². The fraction of sp³-hybridized carbons (Fsp3) is 0.450. The van der Waals surface area contributed by atoms with Crippen molar-refractivity contribution in [1.82, 2.24) is 25.1 Å². The maximum atomic E-state index is 13.0. The number of aromatic amines is 1. The van der Waals surface area contributed by atoms with Crippen LogP contribution in [0.25, 0.3) is 0 Å². The summed E-state index contributed by atoms with van der Waals surface area (Å²) in [5, 5.41) is 12.7. The van der Waals surface area contributed by atoms with Crippen molar-refractivity contribution in [2.24, 2.45) is 0 Å². The number of halogens is 1. The molecule has 3 N–H and O–H groups in total. The van der Waals surface area contributed by atoms with Gasteiger partial charge in [-0.05, 0) is 38.6 Å². The average molecular weight is 403 g/mol. The van der Waals surface area contributed by atoms with Crippen molar-refractivity contribution in [1.29, 1.82) is 0 Å². The van der Waals surface area contributed by atoms with Crippen LogP contribution in [0.4, 0.5) is 4.39 Å². The van der Waals surface area contributed by atoms with Gasteiger partial charge in [0.2, 0.25) is 5.75 Å². The van der Waals surface area contributed by atoms with Crippen LogP contribution in [0.5, 0.6) is 5.75 Å². The van der Waals surface area contributed by atoms with Crippen LogP contribution in [-0.4, -0.2) is 63.5 Å². The van der Waals surface area contributed by atoms with E-state index in [1.54, 1.807) is 12.1 Å². The first-order valence-electron chi connectivity index (χ1n) is 9.56. The van der Waals surface area contributed by atoms with E-state index in [2.05, 4.69) is 38.9 Å². The third kappa shape index (κ3) is 4.80. The number of carbonyl (C=O) groups is 1. The summed E-state index contributed by atoms with van der Waals surface area (Å²) in [6.07, 6.45) is 0. The van der Waals surface area contributed by atoms with Crippen LogP contribution in [0.2, 0.25) is 0 Å². The van der Waals surface area contributed by atoms with Gasteiger partial charge in [0.05, 0.1) is 6.04 Å². The predicted molar refractivity (Wildman–Crippen MR) is 106 cm³/mol. The first kappa shape index (κ1) is 20.9. The first-order chi connectivity index (χ1) is 13.8. The number of H-pyrrole nitrogens is 1. The normalized spacial score (nSPS) is 18.2. The molecule has 1 aromatic heterocycles. The molecule has 29 heavy (non-hydrogen) atoms. The maximum Gasteiger partial charge on any atom is 0.293 e. The molecular weight excluding hydrogens is 377 g/mol. The van der Waals surface area contributed by atoms with Crippen molar-refractivity contribution in [2.75, 3.05) is 26.7 Å². The fourth-order valence-electron chi connectivity index (χ4n) is 3.46. The average Bonchev–Trinajstić information content (AvgIpc) is 2.69. The number of hydrogen-bond acceptors (Lipinski definition) is 6. The number of piperazine rings is 1. The molecule has 1 fully saturated rings. The third-order valence-electron chi connectivity index (χ3n) is 5.10. The van der Waals surface area contributed by atoms with Gasteiger partial charge in [-0.3, -0.25) is 14.5 Å². The molecule has 8 nitrogen and oxygen atoms in total. The van der Waals surface area contributed by atoms with Crippen molar-refractivity contribution in [3.8, 4) is 5.75 Å². The van der Waals surface area contributed by atoms with Crippen LogP contribution in [0.15, 0.2) is 29.1 Å². The van der Waals surface area contributed by atoms with Crippen LogP contribution < -0.4 is 10.9 Å². The molecule has 0 saturated carbocycles. The van der Waals surface area contributed by atoms with Crippen LogP contribution in [0, 0.1) is 5.82 Å². The van der Waals surface area contributed by atoms with E-state index >= 15 is 0 Å². The highest BCUT2D eigenvalue weighted by molar-refractivity contribution is 5.94. The van der Waals surface area contributed by atoms with E-state index in [0.29, 0.717) is 17.9 Å². The van der Waals surface area contributed by atoms with Crippen molar-refractivity contribution in [3.05, 3.63) is 57.5 Å². The first-order valence-corrected chi connectivity index (χ1v) is 9.56. The highest BCUT2D eigenvalue weighted by atomic mass is 19.1. The molecule has 3 rings (SSSR count). The minimum absolute atomic E-state index is 0.118. The monoisotopic (exact) mass is 403 g/mol. The maximum absolute atomic E-state index is 13.0. The quantitative estimate of drug-likeness (QED) is 0.694. The molecular formula is C20H26FN5O3. The number of amides is 1. The molecule has 0 radical (unpaired) electrons. The SMILES string of the molecule is CC(C)N1CCN(C)CC1c1nc(C(=O)NCc2ccc(F)cc2)c(O)c(=O)[nH]1. The van der Waals surface area contributed by atoms with Gasteiger partial charge in [-0.2, -0.15) is 0 Å².